The standard InChI is InChI=1S/C28H30ClN3O4S/c1-3-4-8-15-37(34,35)31-28(33)22-12-14-26-27(16-22)32(20(2)30-26)18-23-11-13-24(17-25(23)29)36-19-21-9-6-5-7-10-21/h5-7,9-14,16-17H,3-4,8,15,18-19H2,1-2H3,(H,31,33). The van der Waals surface area contributed by atoms with Gasteiger partial charge in [-0.05, 0) is 54.8 Å². The third-order valence-electron chi connectivity index (χ3n) is 6.07. The Morgan fingerprint density at radius 2 is 1.84 bits per heavy atom. The van der Waals surface area contributed by atoms with Crippen molar-refractivity contribution in [3.63, 3.8) is 0 Å². The molecule has 37 heavy (non-hydrogen) atoms. The van der Waals surface area contributed by atoms with Crippen LogP contribution >= 0.6 is 11.6 Å². The molecule has 0 atom stereocenters. The van der Waals surface area contributed by atoms with E-state index in [1.807, 2.05) is 60.9 Å². The van der Waals surface area contributed by atoms with Gasteiger partial charge in [0.1, 0.15) is 18.2 Å². The summed E-state index contributed by atoms with van der Waals surface area (Å²) in [5, 5.41) is 0.555. The molecule has 0 bridgehead atoms. The Morgan fingerprint density at radius 3 is 2.57 bits per heavy atom. The number of hydrogen-bond acceptors (Lipinski definition) is 5. The number of hydrogen-bond donors (Lipinski definition) is 1. The van der Waals surface area contributed by atoms with Crippen LogP contribution in [0, 0.1) is 6.92 Å². The van der Waals surface area contributed by atoms with E-state index in [0.29, 0.717) is 41.4 Å². The molecule has 9 heteroatoms. The van der Waals surface area contributed by atoms with Crippen LogP contribution in [0.3, 0.4) is 0 Å². The van der Waals surface area contributed by atoms with E-state index >= 15 is 0 Å². The van der Waals surface area contributed by atoms with Crippen LogP contribution in [0.2, 0.25) is 5.02 Å². The molecule has 1 heterocycles. The fourth-order valence-corrected chi connectivity index (χ4v) is 5.35. The molecule has 194 valence electrons. The van der Waals surface area contributed by atoms with Gasteiger partial charge in [-0.1, -0.05) is 67.8 Å². The van der Waals surface area contributed by atoms with Crippen molar-refractivity contribution in [1.29, 1.82) is 0 Å². The number of aryl methyl sites for hydroxylation is 1. The topological polar surface area (TPSA) is 90.3 Å². The number of ether oxygens (including phenoxy) is 1. The summed E-state index contributed by atoms with van der Waals surface area (Å²) >= 11 is 6.59. The number of nitrogens with zero attached hydrogens (tertiary/aromatic N) is 2. The number of sulfonamides is 1. The van der Waals surface area contributed by atoms with Crippen LogP contribution < -0.4 is 9.46 Å². The first-order valence-electron chi connectivity index (χ1n) is 12.2. The largest absolute Gasteiger partial charge is 0.489 e. The van der Waals surface area contributed by atoms with Crippen molar-refractivity contribution in [2.24, 2.45) is 0 Å². The van der Waals surface area contributed by atoms with E-state index in [1.54, 1.807) is 24.3 Å². The number of aromatic nitrogens is 2. The Morgan fingerprint density at radius 1 is 1.05 bits per heavy atom. The summed E-state index contributed by atoms with van der Waals surface area (Å²) in [6.07, 6.45) is 2.21. The molecule has 0 fully saturated rings. The third-order valence-corrected chi connectivity index (χ3v) is 7.74. The second kappa shape index (κ2) is 11.8. The minimum absolute atomic E-state index is 0.0740. The molecule has 0 radical (unpaired) electrons. The molecule has 0 aliphatic carbocycles. The van der Waals surface area contributed by atoms with Gasteiger partial charge in [0.25, 0.3) is 5.91 Å². The molecule has 0 aliphatic rings. The van der Waals surface area contributed by atoms with Crippen LogP contribution in [-0.2, 0) is 23.2 Å². The molecule has 0 spiro atoms. The lowest BCUT2D eigenvalue weighted by Crippen LogP contribution is -2.32. The summed E-state index contributed by atoms with van der Waals surface area (Å²) in [7, 11) is -3.69. The lowest BCUT2D eigenvalue weighted by molar-refractivity contribution is 0.0981. The van der Waals surface area contributed by atoms with Gasteiger partial charge in [-0.3, -0.25) is 4.79 Å². The third kappa shape index (κ3) is 6.90. The lowest BCUT2D eigenvalue weighted by atomic mass is 10.1. The quantitative estimate of drug-likeness (QED) is 0.240. The van der Waals surface area contributed by atoms with Gasteiger partial charge in [-0.2, -0.15) is 0 Å². The molecule has 7 nitrogen and oxygen atoms in total. The van der Waals surface area contributed by atoms with Gasteiger partial charge in [0.05, 0.1) is 23.3 Å². The first-order valence-corrected chi connectivity index (χ1v) is 14.3. The van der Waals surface area contributed by atoms with Crippen LogP contribution in [0.4, 0.5) is 0 Å². The highest BCUT2D eigenvalue weighted by atomic mass is 35.5. The van der Waals surface area contributed by atoms with Crippen LogP contribution in [-0.4, -0.2) is 29.6 Å². The number of unbranched alkanes of at least 4 members (excludes halogenated alkanes) is 2. The van der Waals surface area contributed by atoms with E-state index in [9.17, 15) is 13.2 Å². The average molecular weight is 540 g/mol. The number of fused-ring (bicyclic) bond motifs is 1. The van der Waals surface area contributed by atoms with Gasteiger partial charge in [0.2, 0.25) is 10.0 Å². The van der Waals surface area contributed by atoms with Crippen molar-refractivity contribution in [2.45, 2.75) is 46.3 Å². The van der Waals surface area contributed by atoms with E-state index < -0.39 is 15.9 Å². The fraction of sp³-hybridized carbons (Fsp3) is 0.286. The lowest BCUT2D eigenvalue weighted by Gasteiger charge is -2.12. The van der Waals surface area contributed by atoms with Crippen LogP contribution in [0.1, 0.15) is 53.5 Å². The summed E-state index contributed by atoms with van der Waals surface area (Å²) in [5.41, 5.74) is 3.61. The Bertz CT molecular complexity index is 1500. The van der Waals surface area contributed by atoms with Crippen molar-refractivity contribution < 1.29 is 17.9 Å². The predicted molar refractivity (Wildman–Crippen MR) is 147 cm³/mol. The molecule has 0 saturated carbocycles. The maximum Gasteiger partial charge on any atom is 0.264 e. The zero-order valence-corrected chi connectivity index (χ0v) is 22.5. The molecule has 0 unspecified atom stereocenters. The maximum absolute atomic E-state index is 12.7. The molecule has 4 rings (SSSR count). The smallest absolute Gasteiger partial charge is 0.264 e. The van der Waals surface area contributed by atoms with Gasteiger partial charge in [-0.25, -0.2) is 18.1 Å². The minimum Gasteiger partial charge on any atom is -0.489 e. The van der Waals surface area contributed by atoms with E-state index in [0.717, 1.165) is 29.8 Å². The number of benzene rings is 3. The number of imidazole rings is 1. The highest BCUT2D eigenvalue weighted by Gasteiger charge is 2.18. The molecular formula is C28H30ClN3O4S. The molecule has 4 aromatic rings. The fourth-order valence-electron chi connectivity index (χ4n) is 4.03. The van der Waals surface area contributed by atoms with Crippen molar-refractivity contribution in [3.05, 3.63) is 94.3 Å². The predicted octanol–water partition coefficient (Wildman–Crippen LogP) is 5.88. The number of amides is 1. The maximum atomic E-state index is 12.7. The number of halogens is 1. The Hall–Kier alpha value is -3.36. The van der Waals surface area contributed by atoms with Gasteiger partial charge in [0.15, 0.2) is 0 Å². The SMILES string of the molecule is CCCCCS(=O)(=O)NC(=O)c1ccc2nc(C)n(Cc3ccc(OCc4ccccc4)cc3Cl)c2c1. The molecule has 1 N–H and O–H groups in total. The van der Waals surface area contributed by atoms with Gasteiger partial charge >= 0.3 is 0 Å². The number of carbonyl (C=O) groups excluding carboxylic acids is 1. The highest BCUT2D eigenvalue weighted by molar-refractivity contribution is 7.90. The first kappa shape index (κ1) is 26.7. The van der Waals surface area contributed by atoms with Crippen LogP contribution in [0.5, 0.6) is 5.75 Å². The number of rotatable bonds is 11. The Balaban J connectivity index is 1.51. The molecule has 0 aliphatic heterocycles. The Kier molecular flexibility index (Phi) is 8.51. The van der Waals surface area contributed by atoms with E-state index in [-0.39, 0.29) is 11.3 Å². The Labute approximate surface area is 222 Å². The molecule has 0 saturated heterocycles. The van der Waals surface area contributed by atoms with E-state index in [4.69, 9.17) is 16.3 Å². The second-order valence-corrected chi connectivity index (χ2v) is 11.2. The van der Waals surface area contributed by atoms with Gasteiger partial charge in [0, 0.05) is 10.6 Å². The second-order valence-electron chi connectivity index (χ2n) is 8.93. The van der Waals surface area contributed by atoms with Crippen molar-refractivity contribution in [2.75, 3.05) is 5.75 Å². The van der Waals surface area contributed by atoms with Crippen molar-refractivity contribution >= 4 is 38.6 Å². The van der Waals surface area contributed by atoms with Gasteiger partial charge < -0.3 is 9.30 Å². The van der Waals surface area contributed by atoms with Crippen molar-refractivity contribution in [3.8, 4) is 5.75 Å². The highest BCUT2D eigenvalue weighted by Crippen LogP contribution is 2.26. The normalized spacial score (nSPS) is 11.5. The minimum atomic E-state index is -3.69. The molecule has 1 amide bonds. The molecular weight excluding hydrogens is 510 g/mol. The van der Waals surface area contributed by atoms with Crippen LogP contribution in [0.15, 0.2) is 66.7 Å². The van der Waals surface area contributed by atoms with E-state index in [1.165, 1.54) is 0 Å². The summed E-state index contributed by atoms with van der Waals surface area (Å²) < 4.78 is 34.6. The average Bonchev–Trinajstić information content (AvgIpc) is 3.18. The monoisotopic (exact) mass is 539 g/mol. The van der Waals surface area contributed by atoms with Crippen LogP contribution in [0.25, 0.3) is 11.0 Å². The van der Waals surface area contributed by atoms with E-state index in [2.05, 4.69) is 9.71 Å². The first-order chi connectivity index (χ1) is 17.8. The molecule has 1 aromatic heterocycles. The zero-order valence-electron chi connectivity index (χ0n) is 20.9. The summed E-state index contributed by atoms with van der Waals surface area (Å²) in [5.74, 6) is 0.695. The van der Waals surface area contributed by atoms with Gasteiger partial charge in [-0.15, -0.1) is 0 Å². The summed E-state index contributed by atoms with van der Waals surface area (Å²) in [4.78, 5) is 17.3. The summed E-state index contributed by atoms with van der Waals surface area (Å²) in [6.45, 7) is 4.75. The zero-order chi connectivity index (χ0) is 26.4. The summed E-state index contributed by atoms with van der Waals surface area (Å²) in [6, 6.07) is 20.4. The number of carbonyl (C=O) groups is 1. The van der Waals surface area contributed by atoms with Crippen molar-refractivity contribution in [1.82, 2.24) is 14.3 Å². The number of nitrogens with one attached hydrogen (secondary N) is 1. The molecule has 3 aromatic carbocycles.